The van der Waals surface area contributed by atoms with Crippen molar-refractivity contribution in [3.8, 4) is 11.5 Å². The number of halogens is 1. The Bertz CT molecular complexity index is 605. The Labute approximate surface area is 141 Å². The highest BCUT2D eigenvalue weighted by molar-refractivity contribution is 5.95. The Kier molecular flexibility index (Phi) is 5.20. The largest absolute Gasteiger partial charge is 0.493 e. The van der Waals surface area contributed by atoms with Crippen molar-refractivity contribution in [2.45, 2.75) is 12.5 Å². The lowest BCUT2D eigenvalue weighted by molar-refractivity contribution is 0.0768. The van der Waals surface area contributed by atoms with Gasteiger partial charge in [-0.25, -0.2) is 4.39 Å². The first-order valence-electron chi connectivity index (χ1n) is 8.29. The summed E-state index contributed by atoms with van der Waals surface area (Å²) in [5.74, 6) is -0.221. The lowest BCUT2D eigenvalue weighted by atomic mass is 10.1. The number of hydrogen-bond donors (Lipinski definition) is 1. The smallest absolute Gasteiger partial charge is 0.257 e. The lowest BCUT2D eigenvalue weighted by Crippen LogP contribution is -2.49. The van der Waals surface area contributed by atoms with Crippen molar-refractivity contribution < 1.29 is 18.7 Å². The van der Waals surface area contributed by atoms with E-state index < -0.39 is 5.82 Å². The maximum Gasteiger partial charge on any atom is 0.257 e. The Morgan fingerprint density at radius 2 is 1.83 bits per heavy atom. The monoisotopic (exact) mass is 337 g/mol. The Balaban J connectivity index is 1.73. The fourth-order valence-electron chi connectivity index (χ4n) is 3.46. The van der Waals surface area contributed by atoms with Gasteiger partial charge in [-0.3, -0.25) is 9.69 Å². The molecule has 2 fully saturated rings. The topological polar surface area (TPSA) is 54.0 Å². The molecule has 132 valence electrons. The van der Waals surface area contributed by atoms with E-state index in [0.29, 0.717) is 24.9 Å². The molecule has 1 atom stereocenters. The summed E-state index contributed by atoms with van der Waals surface area (Å²) in [6.45, 7) is 5.26. The molecule has 0 saturated carbocycles. The van der Waals surface area contributed by atoms with Crippen molar-refractivity contribution >= 4 is 5.91 Å². The van der Waals surface area contributed by atoms with Crippen LogP contribution in [0.1, 0.15) is 16.8 Å². The second-order valence-electron chi connectivity index (χ2n) is 6.17. The summed E-state index contributed by atoms with van der Waals surface area (Å²) in [5, 5.41) is 3.33. The van der Waals surface area contributed by atoms with Crippen LogP contribution in [-0.2, 0) is 0 Å². The zero-order valence-corrected chi connectivity index (χ0v) is 14.2. The Morgan fingerprint density at radius 1 is 1.17 bits per heavy atom. The molecule has 0 spiro atoms. The van der Waals surface area contributed by atoms with Crippen LogP contribution in [0, 0.1) is 5.82 Å². The third-order valence-electron chi connectivity index (χ3n) is 4.82. The molecular weight excluding hydrogens is 313 g/mol. The third-order valence-corrected chi connectivity index (χ3v) is 4.82. The van der Waals surface area contributed by atoms with Crippen LogP contribution >= 0.6 is 0 Å². The van der Waals surface area contributed by atoms with Crippen molar-refractivity contribution in [3.05, 3.63) is 23.5 Å². The van der Waals surface area contributed by atoms with Gasteiger partial charge in [-0.2, -0.15) is 0 Å². The van der Waals surface area contributed by atoms with E-state index in [1.165, 1.54) is 26.4 Å². The van der Waals surface area contributed by atoms with E-state index in [0.717, 1.165) is 32.6 Å². The minimum atomic E-state index is -0.580. The minimum Gasteiger partial charge on any atom is -0.493 e. The molecule has 0 radical (unpaired) electrons. The average molecular weight is 337 g/mol. The zero-order chi connectivity index (χ0) is 17.1. The molecule has 0 aliphatic carbocycles. The molecule has 7 heteroatoms. The number of ether oxygens (including phenoxy) is 2. The average Bonchev–Trinajstić information content (AvgIpc) is 3.11. The van der Waals surface area contributed by atoms with Crippen molar-refractivity contribution in [3.63, 3.8) is 0 Å². The van der Waals surface area contributed by atoms with E-state index >= 15 is 0 Å². The van der Waals surface area contributed by atoms with Crippen LogP contribution in [0.3, 0.4) is 0 Å². The first kappa shape index (κ1) is 17.0. The molecule has 2 aliphatic heterocycles. The van der Waals surface area contributed by atoms with Crippen molar-refractivity contribution in [1.82, 2.24) is 15.1 Å². The molecule has 1 aromatic carbocycles. The van der Waals surface area contributed by atoms with Gasteiger partial charge >= 0.3 is 0 Å². The number of carbonyl (C=O) groups excluding carboxylic acids is 1. The van der Waals surface area contributed by atoms with Crippen LogP contribution in [0.5, 0.6) is 11.5 Å². The van der Waals surface area contributed by atoms with E-state index in [1.807, 2.05) is 0 Å². The van der Waals surface area contributed by atoms with Gasteiger partial charge in [0, 0.05) is 51.4 Å². The van der Waals surface area contributed by atoms with E-state index in [2.05, 4.69) is 10.2 Å². The second kappa shape index (κ2) is 7.36. The van der Waals surface area contributed by atoms with Crippen LogP contribution in [-0.4, -0.2) is 75.2 Å². The van der Waals surface area contributed by atoms with Crippen molar-refractivity contribution in [2.24, 2.45) is 0 Å². The molecule has 6 nitrogen and oxygen atoms in total. The van der Waals surface area contributed by atoms with Gasteiger partial charge in [-0.15, -0.1) is 0 Å². The predicted molar refractivity (Wildman–Crippen MR) is 88.3 cm³/mol. The molecule has 2 heterocycles. The summed E-state index contributed by atoms with van der Waals surface area (Å²) in [6, 6.07) is 2.99. The second-order valence-corrected chi connectivity index (χ2v) is 6.17. The highest BCUT2D eigenvalue weighted by Crippen LogP contribution is 2.31. The highest BCUT2D eigenvalue weighted by atomic mass is 19.1. The van der Waals surface area contributed by atoms with Gasteiger partial charge < -0.3 is 19.7 Å². The third kappa shape index (κ3) is 3.32. The van der Waals surface area contributed by atoms with Crippen LogP contribution in [0.2, 0.25) is 0 Å². The molecular formula is C17H24FN3O3. The number of rotatable bonds is 4. The summed E-state index contributed by atoms with van der Waals surface area (Å²) in [4.78, 5) is 16.9. The summed E-state index contributed by atoms with van der Waals surface area (Å²) in [5.41, 5.74) is 0.0358. The number of hydrogen-bond acceptors (Lipinski definition) is 5. The van der Waals surface area contributed by atoms with E-state index in [-0.39, 0.29) is 17.2 Å². The summed E-state index contributed by atoms with van der Waals surface area (Å²) >= 11 is 0. The van der Waals surface area contributed by atoms with Gasteiger partial charge in [-0.05, 0) is 12.5 Å². The Morgan fingerprint density at radius 3 is 2.50 bits per heavy atom. The predicted octanol–water partition coefficient (Wildman–Crippen LogP) is 0.963. The summed E-state index contributed by atoms with van der Waals surface area (Å²) < 4.78 is 24.6. The normalized spacial score (nSPS) is 21.8. The number of amides is 1. The SMILES string of the molecule is COc1cc(F)c(C(=O)N2CCC(N3CCNCC3)C2)cc1OC. The molecule has 2 aliphatic rings. The number of piperazine rings is 1. The van der Waals surface area contributed by atoms with Gasteiger partial charge in [0.1, 0.15) is 5.82 Å². The van der Waals surface area contributed by atoms with Crippen LogP contribution < -0.4 is 14.8 Å². The van der Waals surface area contributed by atoms with Gasteiger partial charge in [0.2, 0.25) is 0 Å². The summed E-state index contributed by atoms with van der Waals surface area (Å²) in [6.07, 6.45) is 0.931. The Hall–Kier alpha value is -1.86. The molecule has 2 saturated heterocycles. The fourth-order valence-corrected chi connectivity index (χ4v) is 3.46. The number of nitrogens with zero attached hydrogens (tertiary/aromatic N) is 2. The summed E-state index contributed by atoms with van der Waals surface area (Å²) in [7, 11) is 2.91. The standard InChI is InChI=1S/C17H24FN3O3/c1-23-15-9-13(14(18)10-16(15)24-2)17(22)21-6-3-12(11-21)20-7-4-19-5-8-20/h9-10,12,19H,3-8,11H2,1-2H3. The van der Waals surface area contributed by atoms with Gasteiger partial charge in [0.05, 0.1) is 19.8 Å². The van der Waals surface area contributed by atoms with Gasteiger partial charge in [-0.1, -0.05) is 0 Å². The zero-order valence-electron chi connectivity index (χ0n) is 14.2. The number of benzene rings is 1. The number of likely N-dealkylation sites (tertiary alicyclic amines) is 1. The van der Waals surface area contributed by atoms with Crippen molar-refractivity contribution in [2.75, 3.05) is 53.5 Å². The van der Waals surface area contributed by atoms with Crippen molar-refractivity contribution in [1.29, 1.82) is 0 Å². The maximum absolute atomic E-state index is 14.3. The minimum absolute atomic E-state index is 0.0358. The maximum atomic E-state index is 14.3. The molecule has 24 heavy (non-hydrogen) atoms. The lowest BCUT2D eigenvalue weighted by Gasteiger charge is -2.32. The van der Waals surface area contributed by atoms with E-state index in [9.17, 15) is 9.18 Å². The van der Waals surface area contributed by atoms with Gasteiger partial charge in [0.15, 0.2) is 11.5 Å². The van der Waals surface area contributed by atoms with E-state index in [4.69, 9.17) is 9.47 Å². The molecule has 1 amide bonds. The van der Waals surface area contributed by atoms with Crippen LogP contribution in [0.4, 0.5) is 4.39 Å². The number of nitrogens with one attached hydrogen (secondary N) is 1. The number of methoxy groups -OCH3 is 2. The molecule has 1 unspecified atom stereocenters. The molecule has 0 bridgehead atoms. The first-order chi connectivity index (χ1) is 11.6. The fraction of sp³-hybridized carbons (Fsp3) is 0.588. The molecule has 3 rings (SSSR count). The van der Waals surface area contributed by atoms with E-state index in [1.54, 1.807) is 4.90 Å². The quantitative estimate of drug-likeness (QED) is 0.887. The molecule has 0 aromatic heterocycles. The highest BCUT2D eigenvalue weighted by Gasteiger charge is 2.32. The first-order valence-corrected chi connectivity index (χ1v) is 8.29. The number of carbonyl (C=O) groups is 1. The van der Waals surface area contributed by atoms with Crippen LogP contribution in [0.15, 0.2) is 12.1 Å². The van der Waals surface area contributed by atoms with Gasteiger partial charge in [0.25, 0.3) is 5.91 Å². The molecule has 1 aromatic rings. The van der Waals surface area contributed by atoms with Crippen LogP contribution in [0.25, 0.3) is 0 Å². The molecule has 1 N–H and O–H groups in total.